The topological polar surface area (TPSA) is 65.8 Å². The van der Waals surface area contributed by atoms with Gasteiger partial charge in [-0.1, -0.05) is 30.3 Å². The van der Waals surface area contributed by atoms with Crippen molar-refractivity contribution in [1.29, 1.82) is 0 Å². The number of nitrogens with zero attached hydrogens (tertiary/aromatic N) is 2. The quantitative estimate of drug-likeness (QED) is 0.680. The van der Waals surface area contributed by atoms with E-state index < -0.39 is 0 Å². The SMILES string of the molecule is O=C(N[C@H]1CN2CCC1CC2)c1cc2cccc(-c3ccc(N4CCCC4=O)cc3)c2o1. The van der Waals surface area contributed by atoms with E-state index in [-0.39, 0.29) is 17.9 Å². The van der Waals surface area contributed by atoms with Gasteiger partial charge in [-0.15, -0.1) is 0 Å². The van der Waals surface area contributed by atoms with Crippen molar-refractivity contribution in [2.24, 2.45) is 5.92 Å². The van der Waals surface area contributed by atoms with Crippen molar-refractivity contribution in [3.63, 3.8) is 0 Å². The summed E-state index contributed by atoms with van der Waals surface area (Å²) in [6, 6.07) is 16.0. The fraction of sp³-hybridized carbons (Fsp3) is 0.385. The molecule has 164 valence electrons. The highest BCUT2D eigenvalue weighted by Crippen LogP contribution is 2.33. The Morgan fingerprint density at radius 3 is 2.53 bits per heavy atom. The maximum absolute atomic E-state index is 13.0. The van der Waals surface area contributed by atoms with Gasteiger partial charge in [-0.3, -0.25) is 9.59 Å². The number of piperidine rings is 3. The van der Waals surface area contributed by atoms with Gasteiger partial charge in [-0.25, -0.2) is 0 Å². The summed E-state index contributed by atoms with van der Waals surface area (Å²) in [6.45, 7) is 4.02. The summed E-state index contributed by atoms with van der Waals surface area (Å²) in [6.07, 6.45) is 3.86. The molecule has 0 saturated carbocycles. The number of amides is 2. The first-order valence-corrected chi connectivity index (χ1v) is 11.6. The molecule has 4 aliphatic rings. The first-order valence-electron chi connectivity index (χ1n) is 11.6. The van der Waals surface area contributed by atoms with Crippen molar-refractivity contribution in [2.45, 2.75) is 31.7 Å². The highest BCUT2D eigenvalue weighted by molar-refractivity contribution is 6.00. The molecule has 1 aromatic heterocycles. The van der Waals surface area contributed by atoms with Crippen LogP contribution in [-0.2, 0) is 4.79 Å². The van der Waals surface area contributed by atoms with E-state index >= 15 is 0 Å². The fourth-order valence-electron chi connectivity index (χ4n) is 5.51. The van der Waals surface area contributed by atoms with Crippen LogP contribution in [0, 0.1) is 5.92 Å². The molecule has 4 saturated heterocycles. The molecule has 2 amide bonds. The van der Waals surface area contributed by atoms with Crippen molar-refractivity contribution in [1.82, 2.24) is 10.2 Å². The molecule has 6 heteroatoms. The van der Waals surface area contributed by atoms with Crippen LogP contribution < -0.4 is 10.2 Å². The fourth-order valence-corrected chi connectivity index (χ4v) is 5.51. The maximum Gasteiger partial charge on any atom is 0.287 e. The molecule has 0 aliphatic carbocycles. The molecule has 6 nitrogen and oxygen atoms in total. The number of carbonyl (C=O) groups excluding carboxylic acids is 2. The third-order valence-electron chi connectivity index (χ3n) is 7.30. The van der Waals surface area contributed by atoms with E-state index in [1.165, 1.54) is 0 Å². The van der Waals surface area contributed by atoms with E-state index in [0.29, 0.717) is 18.1 Å². The van der Waals surface area contributed by atoms with Gasteiger partial charge >= 0.3 is 0 Å². The number of nitrogens with one attached hydrogen (secondary N) is 1. The van der Waals surface area contributed by atoms with Gasteiger partial charge in [-0.2, -0.15) is 0 Å². The lowest BCUT2D eigenvalue weighted by Gasteiger charge is -2.44. The standard InChI is InChI=1S/C26H27N3O3/c30-24-5-2-12-29(24)20-8-6-17(7-9-20)21-4-1-3-19-15-23(32-25(19)21)26(31)27-22-16-28-13-10-18(22)11-14-28/h1,3-4,6-9,15,18,22H,2,5,10-14,16H2,(H,27,31)/t22-/m0/s1. The largest absolute Gasteiger partial charge is 0.450 e. The second-order valence-electron chi connectivity index (χ2n) is 9.25. The Morgan fingerprint density at radius 2 is 1.84 bits per heavy atom. The van der Waals surface area contributed by atoms with Crippen LogP contribution in [-0.4, -0.2) is 48.9 Å². The molecule has 0 radical (unpaired) electrons. The summed E-state index contributed by atoms with van der Waals surface area (Å²) in [5, 5.41) is 4.13. The zero-order chi connectivity index (χ0) is 21.7. The van der Waals surface area contributed by atoms with Gasteiger partial charge in [-0.05, 0) is 62.0 Å². The Balaban J connectivity index is 1.25. The lowest BCUT2D eigenvalue weighted by atomic mass is 9.84. The molecule has 1 atom stereocenters. The average molecular weight is 430 g/mol. The van der Waals surface area contributed by atoms with Crippen LogP contribution in [0.4, 0.5) is 5.69 Å². The van der Waals surface area contributed by atoms with Gasteiger partial charge in [0.2, 0.25) is 5.91 Å². The lowest BCUT2D eigenvalue weighted by Crippen LogP contribution is -2.57. The highest BCUT2D eigenvalue weighted by atomic mass is 16.3. The van der Waals surface area contributed by atoms with Crippen molar-refractivity contribution >= 4 is 28.5 Å². The summed E-state index contributed by atoms with van der Waals surface area (Å²) < 4.78 is 6.09. The van der Waals surface area contributed by atoms with Gasteiger partial charge in [0, 0.05) is 42.2 Å². The average Bonchev–Trinajstić information content (AvgIpc) is 3.46. The first-order chi connectivity index (χ1) is 15.7. The van der Waals surface area contributed by atoms with E-state index in [2.05, 4.69) is 10.2 Å². The Labute approximate surface area is 187 Å². The first kappa shape index (κ1) is 19.6. The summed E-state index contributed by atoms with van der Waals surface area (Å²) in [5.41, 5.74) is 3.60. The summed E-state index contributed by atoms with van der Waals surface area (Å²) in [5.74, 6) is 0.992. The zero-order valence-electron chi connectivity index (χ0n) is 18.0. The smallest absolute Gasteiger partial charge is 0.287 e. The van der Waals surface area contributed by atoms with Crippen molar-refractivity contribution in [3.8, 4) is 11.1 Å². The van der Waals surface area contributed by atoms with E-state index in [0.717, 1.165) is 73.2 Å². The number of benzene rings is 2. The molecular formula is C26H27N3O3. The second kappa shape index (κ2) is 7.78. The van der Waals surface area contributed by atoms with Crippen molar-refractivity contribution in [2.75, 3.05) is 31.1 Å². The number of rotatable bonds is 4. The number of hydrogen-bond donors (Lipinski definition) is 1. The predicted octanol–water partition coefficient (Wildman–Crippen LogP) is 4.05. The van der Waals surface area contributed by atoms with Gasteiger partial charge in [0.25, 0.3) is 5.91 Å². The van der Waals surface area contributed by atoms with Crippen LogP contribution in [0.5, 0.6) is 0 Å². The van der Waals surface area contributed by atoms with Gasteiger partial charge in [0.05, 0.1) is 0 Å². The Kier molecular flexibility index (Phi) is 4.76. The van der Waals surface area contributed by atoms with E-state index in [1.807, 2.05) is 53.4 Å². The number of furan rings is 1. The maximum atomic E-state index is 13.0. The minimum atomic E-state index is -0.131. The minimum Gasteiger partial charge on any atom is -0.450 e. The molecule has 1 N–H and O–H groups in total. The third kappa shape index (κ3) is 3.39. The van der Waals surface area contributed by atoms with Gasteiger partial charge in [0.15, 0.2) is 5.76 Å². The van der Waals surface area contributed by atoms with E-state index in [4.69, 9.17) is 4.42 Å². The number of hydrogen-bond acceptors (Lipinski definition) is 4. The Morgan fingerprint density at radius 1 is 1.03 bits per heavy atom. The highest BCUT2D eigenvalue weighted by Gasteiger charge is 2.35. The lowest BCUT2D eigenvalue weighted by molar-refractivity contribution is -0.117. The second-order valence-corrected chi connectivity index (χ2v) is 9.25. The van der Waals surface area contributed by atoms with E-state index in [9.17, 15) is 9.59 Å². The van der Waals surface area contributed by atoms with E-state index in [1.54, 1.807) is 0 Å². The summed E-state index contributed by atoms with van der Waals surface area (Å²) in [7, 11) is 0. The Hall–Kier alpha value is -3.12. The predicted molar refractivity (Wildman–Crippen MR) is 124 cm³/mol. The molecule has 0 spiro atoms. The van der Waals surface area contributed by atoms with Gasteiger partial charge < -0.3 is 19.5 Å². The molecule has 3 aromatic rings. The monoisotopic (exact) mass is 429 g/mol. The normalized spacial score (nSPS) is 24.9. The number of fused-ring (bicyclic) bond motifs is 4. The third-order valence-corrected chi connectivity index (χ3v) is 7.30. The molecule has 5 heterocycles. The molecule has 7 rings (SSSR count). The molecule has 4 aliphatic heterocycles. The Bertz CT molecular complexity index is 1170. The van der Waals surface area contributed by atoms with Crippen LogP contribution in [0.3, 0.4) is 0 Å². The minimum absolute atomic E-state index is 0.131. The summed E-state index contributed by atoms with van der Waals surface area (Å²) in [4.78, 5) is 29.3. The zero-order valence-corrected chi connectivity index (χ0v) is 18.0. The van der Waals surface area contributed by atoms with Crippen molar-refractivity contribution < 1.29 is 14.0 Å². The van der Waals surface area contributed by atoms with Crippen LogP contribution in [0.15, 0.2) is 52.9 Å². The molecule has 32 heavy (non-hydrogen) atoms. The van der Waals surface area contributed by atoms with Crippen LogP contribution in [0.25, 0.3) is 22.1 Å². The number of anilines is 1. The van der Waals surface area contributed by atoms with Crippen LogP contribution in [0.2, 0.25) is 0 Å². The number of carbonyl (C=O) groups is 2. The van der Waals surface area contributed by atoms with Crippen molar-refractivity contribution in [3.05, 3.63) is 54.3 Å². The molecule has 2 aromatic carbocycles. The van der Waals surface area contributed by atoms with Crippen LogP contribution >= 0.6 is 0 Å². The molecule has 2 bridgehead atoms. The van der Waals surface area contributed by atoms with Crippen LogP contribution in [0.1, 0.15) is 36.2 Å². The van der Waals surface area contributed by atoms with Gasteiger partial charge in [0.1, 0.15) is 5.58 Å². The molecule has 0 unspecified atom stereocenters. The molecular weight excluding hydrogens is 402 g/mol. The number of para-hydroxylation sites is 1. The summed E-state index contributed by atoms with van der Waals surface area (Å²) >= 11 is 0. The molecule has 4 fully saturated rings.